The van der Waals surface area contributed by atoms with E-state index in [2.05, 4.69) is 37.8 Å². The number of halogens is 4. The Balaban J connectivity index is 2.22. The van der Waals surface area contributed by atoms with Gasteiger partial charge < -0.3 is 10.1 Å². The molecule has 1 aliphatic rings. The summed E-state index contributed by atoms with van der Waals surface area (Å²) in [5.74, 6) is -0.164. The first-order valence-corrected chi connectivity index (χ1v) is 9.19. The molecule has 3 nitrogen and oxygen atoms in total. The summed E-state index contributed by atoms with van der Waals surface area (Å²) in [7, 11) is 0. The number of nitrogens with zero attached hydrogens (tertiary/aromatic N) is 1. The van der Waals surface area contributed by atoms with Crippen LogP contribution in [0.4, 0.5) is 13.2 Å². The van der Waals surface area contributed by atoms with E-state index in [9.17, 15) is 13.2 Å². The van der Waals surface area contributed by atoms with Crippen molar-refractivity contribution in [2.45, 2.75) is 45.0 Å². The highest BCUT2D eigenvalue weighted by Crippen LogP contribution is 2.34. The van der Waals surface area contributed by atoms with Crippen LogP contribution in [-0.2, 0) is 0 Å². The molecule has 1 aliphatic heterocycles. The molecular weight excluding hydrogens is 385 g/mol. The number of rotatable bonds is 7. The first kappa shape index (κ1) is 19.5. The number of ether oxygens (including phenoxy) is 1. The van der Waals surface area contributed by atoms with Crippen molar-refractivity contribution < 1.29 is 17.9 Å². The van der Waals surface area contributed by atoms with Gasteiger partial charge in [0.1, 0.15) is 5.75 Å². The first-order valence-electron chi connectivity index (χ1n) is 8.40. The van der Waals surface area contributed by atoms with Gasteiger partial charge in [0.25, 0.3) is 0 Å². The van der Waals surface area contributed by atoms with E-state index in [0.717, 1.165) is 57.4 Å². The minimum Gasteiger partial charge on any atom is -0.406 e. The molecule has 1 N–H and O–H groups in total. The van der Waals surface area contributed by atoms with Crippen molar-refractivity contribution in [2.75, 3.05) is 26.2 Å². The Labute approximate surface area is 149 Å². The normalized spacial score (nSPS) is 17.7. The number of nitrogens with one attached hydrogen (secondary N) is 1. The molecule has 1 atom stereocenters. The zero-order valence-corrected chi connectivity index (χ0v) is 15.4. The number of hydrogen-bond donors (Lipinski definition) is 1. The minimum absolute atomic E-state index is 0.117. The standard InChI is InChI=1S/C17H24BrF3N2O/c1-2-3-4-5-16(23-8-6-22-7-9-23)13-10-14(18)12-15(11-13)24-17(19,20)21/h10-12,16,22H,2-9H2,1H3/t16-/m0/s1. The maximum Gasteiger partial charge on any atom is 0.573 e. The van der Waals surface area contributed by atoms with Crippen LogP contribution in [0.3, 0.4) is 0 Å². The van der Waals surface area contributed by atoms with Crippen molar-refractivity contribution in [3.8, 4) is 5.75 Å². The number of hydrogen-bond acceptors (Lipinski definition) is 3. The van der Waals surface area contributed by atoms with E-state index in [0.29, 0.717) is 4.47 Å². The summed E-state index contributed by atoms with van der Waals surface area (Å²) in [4.78, 5) is 2.35. The lowest BCUT2D eigenvalue weighted by Crippen LogP contribution is -2.45. The molecule has 0 amide bonds. The molecule has 1 fully saturated rings. The summed E-state index contributed by atoms with van der Waals surface area (Å²) in [6, 6.07) is 4.91. The summed E-state index contributed by atoms with van der Waals surface area (Å²) < 4.78 is 42.4. The molecule has 7 heteroatoms. The Morgan fingerprint density at radius 3 is 2.54 bits per heavy atom. The van der Waals surface area contributed by atoms with Crippen molar-refractivity contribution in [1.82, 2.24) is 10.2 Å². The van der Waals surface area contributed by atoms with E-state index in [1.807, 2.05) is 6.07 Å². The monoisotopic (exact) mass is 408 g/mol. The third-order valence-electron chi connectivity index (χ3n) is 4.19. The molecule has 1 saturated heterocycles. The predicted molar refractivity (Wildman–Crippen MR) is 92.2 cm³/mol. The molecule has 0 aliphatic carbocycles. The van der Waals surface area contributed by atoms with Crippen LogP contribution in [-0.4, -0.2) is 37.4 Å². The van der Waals surface area contributed by atoms with Gasteiger partial charge in [-0.05, 0) is 30.2 Å². The molecule has 136 valence electrons. The van der Waals surface area contributed by atoms with Crippen LogP contribution in [0.1, 0.15) is 44.2 Å². The molecule has 1 aromatic rings. The summed E-state index contributed by atoms with van der Waals surface area (Å²) in [6.45, 7) is 5.76. The van der Waals surface area contributed by atoms with E-state index in [-0.39, 0.29) is 11.8 Å². The highest BCUT2D eigenvalue weighted by atomic mass is 79.9. The number of benzene rings is 1. The highest BCUT2D eigenvalue weighted by molar-refractivity contribution is 9.10. The third-order valence-corrected chi connectivity index (χ3v) is 4.64. The topological polar surface area (TPSA) is 24.5 Å². The van der Waals surface area contributed by atoms with E-state index in [4.69, 9.17) is 0 Å². The Hall–Kier alpha value is -0.790. The van der Waals surface area contributed by atoms with Gasteiger partial charge in [-0.15, -0.1) is 13.2 Å². The average molecular weight is 409 g/mol. The van der Waals surface area contributed by atoms with Crippen molar-refractivity contribution in [3.05, 3.63) is 28.2 Å². The van der Waals surface area contributed by atoms with Crippen molar-refractivity contribution >= 4 is 15.9 Å². The molecule has 0 unspecified atom stereocenters. The Kier molecular flexibility index (Phi) is 7.37. The number of alkyl halides is 3. The predicted octanol–water partition coefficient (Wildman–Crippen LogP) is 4.87. The second kappa shape index (κ2) is 9.06. The summed E-state index contributed by atoms with van der Waals surface area (Å²) in [6.07, 6.45) is -0.425. The van der Waals surface area contributed by atoms with Crippen LogP contribution < -0.4 is 10.1 Å². The molecule has 0 bridgehead atoms. The zero-order chi connectivity index (χ0) is 17.6. The molecule has 1 heterocycles. The van der Waals surface area contributed by atoms with Gasteiger partial charge in [0.15, 0.2) is 0 Å². The molecule has 0 saturated carbocycles. The fraction of sp³-hybridized carbons (Fsp3) is 0.647. The lowest BCUT2D eigenvalue weighted by Gasteiger charge is -2.35. The van der Waals surface area contributed by atoms with E-state index in [1.165, 1.54) is 12.1 Å². The molecule has 1 aromatic carbocycles. The molecule has 0 spiro atoms. The van der Waals surface area contributed by atoms with E-state index < -0.39 is 6.36 Å². The maximum absolute atomic E-state index is 12.6. The van der Waals surface area contributed by atoms with Gasteiger partial charge >= 0.3 is 6.36 Å². The summed E-state index contributed by atoms with van der Waals surface area (Å²) in [5, 5.41) is 3.32. The highest BCUT2D eigenvalue weighted by Gasteiger charge is 2.32. The van der Waals surface area contributed by atoms with Crippen LogP contribution in [0.5, 0.6) is 5.75 Å². The first-order chi connectivity index (χ1) is 11.4. The SMILES string of the molecule is CCCCC[C@@H](c1cc(Br)cc(OC(F)(F)F)c1)N1CCNCC1. The minimum atomic E-state index is -4.68. The van der Waals surface area contributed by atoms with Crippen LogP contribution in [0.25, 0.3) is 0 Å². The lowest BCUT2D eigenvalue weighted by atomic mass is 9.98. The maximum atomic E-state index is 12.6. The van der Waals surface area contributed by atoms with Crippen molar-refractivity contribution in [2.24, 2.45) is 0 Å². The van der Waals surface area contributed by atoms with E-state index >= 15 is 0 Å². The second-order valence-corrected chi connectivity index (χ2v) is 6.98. The van der Waals surface area contributed by atoms with Gasteiger partial charge in [0, 0.05) is 36.7 Å². The van der Waals surface area contributed by atoms with Gasteiger partial charge in [-0.3, -0.25) is 4.90 Å². The Morgan fingerprint density at radius 2 is 1.92 bits per heavy atom. The Morgan fingerprint density at radius 1 is 1.21 bits per heavy atom. The second-order valence-electron chi connectivity index (χ2n) is 6.07. The summed E-state index contributed by atoms with van der Waals surface area (Å²) >= 11 is 3.32. The van der Waals surface area contributed by atoms with Crippen molar-refractivity contribution in [1.29, 1.82) is 0 Å². The lowest BCUT2D eigenvalue weighted by molar-refractivity contribution is -0.274. The Bertz CT molecular complexity index is 519. The summed E-state index contributed by atoms with van der Waals surface area (Å²) in [5.41, 5.74) is 0.877. The van der Waals surface area contributed by atoms with Gasteiger partial charge in [0.2, 0.25) is 0 Å². The van der Waals surface area contributed by atoms with Crippen LogP contribution in [0.15, 0.2) is 22.7 Å². The fourth-order valence-corrected chi connectivity index (χ4v) is 3.60. The zero-order valence-electron chi connectivity index (χ0n) is 13.8. The quantitative estimate of drug-likeness (QED) is 0.651. The van der Waals surface area contributed by atoms with Gasteiger partial charge in [-0.2, -0.15) is 0 Å². The van der Waals surface area contributed by atoms with Gasteiger partial charge in [0.05, 0.1) is 0 Å². The molecular formula is C17H24BrF3N2O. The fourth-order valence-electron chi connectivity index (χ4n) is 3.11. The van der Waals surface area contributed by atoms with E-state index in [1.54, 1.807) is 0 Å². The smallest absolute Gasteiger partial charge is 0.406 e. The van der Waals surface area contributed by atoms with Crippen molar-refractivity contribution in [3.63, 3.8) is 0 Å². The molecule has 24 heavy (non-hydrogen) atoms. The van der Waals surface area contributed by atoms with Crippen LogP contribution in [0.2, 0.25) is 0 Å². The molecule has 2 rings (SSSR count). The largest absolute Gasteiger partial charge is 0.573 e. The molecule has 0 aromatic heterocycles. The number of piperazine rings is 1. The van der Waals surface area contributed by atoms with Crippen LogP contribution >= 0.6 is 15.9 Å². The van der Waals surface area contributed by atoms with Crippen LogP contribution in [0, 0.1) is 0 Å². The van der Waals surface area contributed by atoms with Gasteiger partial charge in [-0.25, -0.2) is 0 Å². The molecule has 0 radical (unpaired) electrons. The number of unbranched alkanes of at least 4 members (excludes halogenated alkanes) is 2. The van der Waals surface area contributed by atoms with Gasteiger partial charge in [-0.1, -0.05) is 42.1 Å². The average Bonchev–Trinajstić information content (AvgIpc) is 2.50. The third kappa shape index (κ3) is 6.26.